The van der Waals surface area contributed by atoms with Gasteiger partial charge in [0.25, 0.3) is 0 Å². The van der Waals surface area contributed by atoms with E-state index in [0.717, 1.165) is 10.9 Å². The Morgan fingerprint density at radius 1 is 1.23 bits per heavy atom. The van der Waals surface area contributed by atoms with E-state index in [0.29, 0.717) is 10.8 Å². The van der Waals surface area contributed by atoms with Crippen molar-refractivity contribution in [1.29, 1.82) is 0 Å². The summed E-state index contributed by atoms with van der Waals surface area (Å²) < 4.78 is 0. The van der Waals surface area contributed by atoms with Crippen molar-refractivity contribution in [2.45, 2.75) is 0 Å². The molecular formula is C10H5ClN2. The topological polar surface area (TPSA) is 17.2 Å². The predicted molar refractivity (Wildman–Crippen MR) is 53.0 cm³/mol. The van der Waals surface area contributed by atoms with E-state index in [1.165, 1.54) is 0 Å². The highest BCUT2D eigenvalue weighted by Crippen LogP contribution is 2.25. The molecule has 1 heterocycles. The minimum Gasteiger partial charge on any atom is -0.237 e. The maximum atomic E-state index is 6.94. The van der Waals surface area contributed by atoms with Gasteiger partial charge in [-0.15, -0.1) is 0 Å². The second-order valence-electron chi connectivity index (χ2n) is 2.59. The summed E-state index contributed by atoms with van der Waals surface area (Å²) in [4.78, 5) is 7.50. The predicted octanol–water partition coefficient (Wildman–Crippen LogP) is 3.44. The Labute approximate surface area is 80.6 Å². The van der Waals surface area contributed by atoms with E-state index < -0.39 is 0 Å². The zero-order valence-corrected chi connectivity index (χ0v) is 7.42. The molecule has 2 nitrogen and oxygen atoms in total. The summed E-state index contributed by atoms with van der Waals surface area (Å²) in [5.74, 6) is 0. The highest BCUT2D eigenvalue weighted by atomic mass is 35.5. The number of pyridine rings is 1. The van der Waals surface area contributed by atoms with E-state index in [1.54, 1.807) is 18.2 Å². The van der Waals surface area contributed by atoms with Crippen molar-refractivity contribution in [3.8, 4) is 0 Å². The third-order valence-corrected chi connectivity index (χ3v) is 2.01. The SMILES string of the molecule is [C-]#[N+]c1cccc2nc(Cl)ccc12. The molecule has 0 saturated carbocycles. The van der Waals surface area contributed by atoms with Crippen LogP contribution in [-0.2, 0) is 0 Å². The molecule has 2 rings (SSSR count). The first-order chi connectivity index (χ1) is 6.31. The van der Waals surface area contributed by atoms with E-state index >= 15 is 0 Å². The van der Waals surface area contributed by atoms with Crippen molar-refractivity contribution in [3.63, 3.8) is 0 Å². The number of benzene rings is 1. The minimum absolute atomic E-state index is 0.453. The van der Waals surface area contributed by atoms with Crippen LogP contribution >= 0.6 is 11.6 Å². The van der Waals surface area contributed by atoms with Crippen LogP contribution in [0.2, 0.25) is 5.15 Å². The summed E-state index contributed by atoms with van der Waals surface area (Å²) in [6.07, 6.45) is 0. The molecule has 0 aliphatic carbocycles. The lowest BCUT2D eigenvalue weighted by molar-refractivity contribution is 1.41. The second-order valence-corrected chi connectivity index (χ2v) is 2.98. The van der Waals surface area contributed by atoms with Gasteiger partial charge in [-0.05, 0) is 12.1 Å². The first kappa shape index (κ1) is 8.03. The maximum absolute atomic E-state index is 6.94. The highest BCUT2D eigenvalue weighted by molar-refractivity contribution is 6.29. The summed E-state index contributed by atoms with van der Waals surface area (Å²) >= 11 is 5.73. The fourth-order valence-corrected chi connectivity index (χ4v) is 1.37. The van der Waals surface area contributed by atoms with E-state index in [4.69, 9.17) is 18.2 Å². The number of halogens is 1. The third kappa shape index (κ3) is 1.34. The molecule has 0 saturated heterocycles. The van der Waals surface area contributed by atoms with Crippen LogP contribution in [0.15, 0.2) is 30.3 Å². The van der Waals surface area contributed by atoms with Crippen LogP contribution in [0.4, 0.5) is 5.69 Å². The minimum atomic E-state index is 0.453. The molecule has 0 N–H and O–H groups in total. The number of hydrogen-bond acceptors (Lipinski definition) is 1. The molecule has 3 heteroatoms. The smallest absolute Gasteiger partial charge is 0.196 e. The molecule has 1 aromatic heterocycles. The fourth-order valence-electron chi connectivity index (χ4n) is 1.21. The van der Waals surface area contributed by atoms with E-state index in [9.17, 15) is 0 Å². The Morgan fingerprint density at radius 2 is 2.08 bits per heavy atom. The van der Waals surface area contributed by atoms with Crippen LogP contribution in [-0.4, -0.2) is 4.98 Å². The summed E-state index contributed by atoms with van der Waals surface area (Å²) in [5.41, 5.74) is 1.38. The molecule has 2 aromatic rings. The molecule has 13 heavy (non-hydrogen) atoms. The molecule has 0 aliphatic heterocycles. The summed E-state index contributed by atoms with van der Waals surface area (Å²) in [6.45, 7) is 6.94. The van der Waals surface area contributed by atoms with Gasteiger partial charge in [0, 0.05) is 5.39 Å². The van der Waals surface area contributed by atoms with Crippen LogP contribution in [0.25, 0.3) is 15.7 Å². The largest absolute Gasteiger partial charge is 0.237 e. The molecule has 0 amide bonds. The summed E-state index contributed by atoms with van der Waals surface area (Å²) in [6, 6.07) is 8.93. The van der Waals surface area contributed by atoms with Gasteiger partial charge in [-0.25, -0.2) is 9.83 Å². The molecule has 1 aromatic carbocycles. The van der Waals surface area contributed by atoms with E-state index in [1.807, 2.05) is 12.1 Å². The normalized spacial score (nSPS) is 9.85. The van der Waals surface area contributed by atoms with Gasteiger partial charge in [-0.2, -0.15) is 0 Å². The Kier molecular flexibility index (Phi) is 1.88. The molecule has 0 unspecified atom stereocenters. The lowest BCUT2D eigenvalue weighted by Crippen LogP contribution is -1.78. The average molecular weight is 189 g/mol. The van der Waals surface area contributed by atoms with Crippen molar-refractivity contribution in [3.05, 3.63) is 46.9 Å². The zero-order valence-electron chi connectivity index (χ0n) is 6.66. The van der Waals surface area contributed by atoms with Crippen molar-refractivity contribution in [2.24, 2.45) is 0 Å². The van der Waals surface area contributed by atoms with Gasteiger partial charge in [-0.1, -0.05) is 29.8 Å². The number of aromatic nitrogens is 1. The molecule has 0 fully saturated rings. The molecule has 0 bridgehead atoms. The lowest BCUT2D eigenvalue weighted by atomic mass is 10.2. The van der Waals surface area contributed by atoms with Gasteiger partial charge in [0.15, 0.2) is 5.69 Å². The number of rotatable bonds is 0. The van der Waals surface area contributed by atoms with Crippen LogP contribution in [0.5, 0.6) is 0 Å². The molecule has 0 radical (unpaired) electrons. The quantitative estimate of drug-likeness (QED) is 0.457. The van der Waals surface area contributed by atoms with E-state index in [-0.39, 0.29) is 0 Å². The van der Waals surface area contributed by atoms with Crippen LogP contribution < -0.4 is 0 Å². The molecular weight excluding hydrogens is 184 g/mol. The van der Waals surface area contributed by atoms with Crippen LogP contribution in [0.1, 0.15) is 0 Å². The zero-order chi connectivity index (χ0) is 9.26. The lowest BCUT2D eigenvalue weighted by Gasteiger charge is -1.98. The molecule has 62 valence electrons. The van der Waals surface area contributed by atoms with Gasteiger partial charge in [-0.3, -0.25) is 0 Å². The van der Waals surface area contributed by atoms with Gasteiger partial charge in [0.2, 0.25) is 0 Å². The molecule has 0 atom stereocenters. The van der Waals surface area contributed by atoms with Crippen LogP contribution in [0, 0.1) is 6.57 Å². The maximum Gasteiger partial charge on any atom is 0.196 e. The number of nitrogens with zero attached hydrogens (tertiary/aromatic N) is 2. The number of fused-ring (bicyclic) bond motifs is 1. The van der Waals surface area contributed by atoms with Crippen molar-refractivity contribution < 1.29 is 0 Å². The first-order valence-electron chi connectivity index (χ1n) is 3.74. The van der Waals surface area contributed by atoms with E-state index in [2.05, 4.69) is 9.83 Å². The Bertz CT molecular complexity index is 500. The van der Waals surface area contributed by atoms with Crippen LogP contribution in [0.3, 0.4) is 0 Å². The Morgan fingerprint density at radius 3 is 2.85 bits per heavy atom. The first-order valence-corrected chi connectivity index (χ1v) is 4.12. The van der Waals surface area contributed by atoms with Gasteiger partial charge >= 0.3 is 0 Å². The number of hydrogen-bond donors (Lipinski definition) is 0. The van der Waals surface area contributed by atoms with Gasteiger partial charge in [0.1, 0.15) is 5.15 Å². The second kappa shape index (κ2) is 3.04. The Hall–Kier alpha value is -1.59. The Balaban J connectivity index is 2.87. The van der Waals surface area contributed by atoms with Crippen molar-refractivity contribution >= 4 is 28.2 Å². The molecule has 0 spiro atoms. The van der Waals surface area contributed by atoms with Gasteiger partial charge in [0.05, 0.1) is 12.1 Å². The van der Waals surface area contributed by atoms with Gasteiger partial charge < -0.3 is 0 Å². The summed E-state index contributed by atoms with van der Waals surface area (Å²) in [7, 11) is 0. The van der Waals surface area contributed by atoms with Crippen molar-refractivity contribution in [1.82, 2.24) is 4.98 Å². The summed E-state index contributed by atoms with van der Waals surface area (Å²) in [5, 5.41) is 1.30. The molecule has 0 aliphatic rings. The fraction of sp³-hybridized carbons (Fsp3) is 0. The van der Waals surface area contributed by atoms with Crippen molar-refractivity contribution in [2.75, 3.05) is 0 Å². The third-order valence-electron chi connectivity index (χ3n) is 1.80. The monoisotopic (exact) mass is 188 g/mol. The average Bonchev–Trinajstić information content (AvgIpc) is 2.16. The standard InChI is InChI=1S/C10H5ClN2/c1-12-8-3-2-4-9-7(8)5-6-10(11)13-9/h2-6H. The highest BCUT2D eigenvalue weighted by Gasteiger charge is 2.00.